The monoisotopic (exact) mass is 570 g/mol. The summed E-state index contributed by atoms with van der Waals surface area (Å²) in [5.41, 5.74) is 5.77. The number of nitriles is 1. The molecule has 0 aliphatic carbocycles. The van der Waals surface area contributed by atoms with Crippen molar-refractivity contribution < 1.29 is 19.1 Å². The van der Waals surface area contributed by atoms with Crippen LogP contribution in [0.5, 0.6) is 11.5 Å². The Balaban J connectivity index is 1.41. The Morgan fingerprint density at radius 1 is 1.07 bits per heavy atom. The number of rotatable bonds is 7. The molecule has 0 spiro atoms. The zero-order chi connectivity index (χ0) is 30.1. The van der Waals surface area contributed by atoms with Gasteiger partial charge in [0.2, 0.25) is 0 Å². The van der Waals surface area contributed by atoms with E-state index in [4.69, 9.17) is 14.6 Å². The third kappa shape index (κ3) is 5.33. The Kier molecular flexibility index (Phi) is 7.39. The van der Waals surface area contributed by atoms with E-state index in [-0.39, 0.29) is 23.8 Å². The highest BCUT2D eigenvalue weighted by Crippen LogP contribution is 2.35. The molecule has 1 aromatic heterocycles. The van der Waals surface area contributed by atoms with E-state index in [0.717, 1.165) is 45.2 Å². The van der Waals surface area contributed by atoms with Gasteiger partial charge in [0.05, 0.1) is 18.5 Å². The van der Waals surface area contributed by atoms with Gasteiger partial charge in [-0.2, -0.15) is 10.4 Å². The van der Waals surface area contributed by atoms with Crippen molar-refractivity contribution in [1.29, 1.82) is 5.26 Å². The minimum absolute atomic E-state index is 0.0405. The van der Waals surface area contributed by atoms with Crippen molar-refractivity contribution in [2.45, 2.75) is 32.8 Å². The van der Waals surface area contributed by atoms with Gasteiger partial charge in [0.1, 0.15) is 29.2 Å². The molecule has 4 aromatic rings. The zero-order valence-electron chi connectivity index (χ0n) is 24.2. The Morgan fingerprint density at radius 2 is 1.84 bits per heavy atom. The van der Waals surface area contributed by atoms with E-state index in [9.17, 15) is 14.9 Å². The summed E-state index contributed by atoms with van der Waals surface area (Å²) in [5.74, 6) is 0.569. The van der Waals surface area contributed by atoms with E-state index in [1.165, 1.54) is 0 Å². The molecule has 43 heavy (non-hydrogen) atoms. The summed E-state index contributed by atoms with van der Waals surface area (Å²) in [5, 5.41) is 14.8. The number of carbonyl (C=O) groups is 2. The molecular weight excluding hydrogens is 540 g/mol. The molecule has 8 nitrogen and oxygen atoms in total. The van der Waals surface area contributed by atoms with Crippen LogP contribution in [0.25, 0.3) is 23.0 Å². The summed E-state index contributed by atoms with van der Waals surface area (Å²) in [6.45, 7) is 3.83. The lowest BCUT2D eigenvalue weighted by molar-refractivity contribution is -0.140. The highest BCUT2D eigenvalue weighted by atomic mass is 16.5. The SMILES string of the molecule is COc1ccc(CCN2C(=O)C(C#N)=C(C)/C(=C\c3cn(-c4ccccc4)nc3-c3ccc4c(c3)CC(C)O4)C2=O)cc1. The quantitative estimate of drug-likeness (QED) is 0.209. The van der Waals surface area contributed by atoms with Crippen molar-refractivity contribution in [3.05, 3.63) is 112 Å². The molecule has 3 heterocycles. The zero-order valence-corrected chi connectivity index (χ0v) is 24.2. The smallest absolute Gasteiger partial charge is 0.271 e. The van der Waals surface area contributed by atoms with Crippen molar-refractivity contribution in [3.63, 3.8) is 0 Å². The predicted octanol–water partition coefficient (Wildman–Crippen LogP) is 5.71. The van der Waals surface area contributed by atoms with Gasteiger partial charge in [-0.25, -0.2) is 4.68 Å². The van der Waals surface area contributed by atoms with Crippen LogP contribution in [0, 0.1) is 11.3 Å². The van der Waals surface area contributed by atoms with Crippen LogP contribution in [0.2, 0.25) is 0 Å². The summed E-state index contributed by atoms with van der Waals surface area (Å²) >= 11 is 0. The maximum absolute atomic E-state index is 13.9. The summed E-state index contributed by atoms with van der Waals surface area (Å²) in [4.78, 5) is 28.3. The number of imide groups is 1. The average Bonchev–Trinajstić information content (AvgIpc) is 3.62. The molecule has 0 bridgehead atoms. The van der Waals surface area contributed by atoms with Crippen LogP contribution < -0.4 is 9.47 Å². The lowest BCUT2D eigenvalue weighted by atomic mass is 9.92. The Hall–Kier alpha value is -5.42. The second-order valence-electron chi connectivity index (χ2n) is 10.7. The van der Waals surface area contributed by atoms with Crippen LogP contribution in [-0.2, 0) is 22.4 Å². The third-order valence-corrected chi connectivity index (χ3v) is 7.84. The summed E-state index contributed by atoms with van der Waals surface area (Å²) in [6.07, 6.45) is 4.97. The standard InChI is InChI=1S/C35H30N4O4/c1-22-17-26-18-25(11-14-32(26)43-22)33-27(21-39(37-33)28-7-5-4-6-8-28)19-30-23(2)31(20-36)35(41)38(34(30)40)16-15-24-9-12-29(42-3)13-10-24/h4-14,18-19,21-22H,15-17H2,1-3H3/b30-19+. The number of hydrogen-bond acceptors (Lipinski definition) is 6. The number of carbonyl (C=O) groups excluding carboxylic acids is 2. The highest BCUT2D eigenvalue weighted by Gasteiger charge is 2.35. The topological polar surface area (TPSA) is 97.5 Å². The molecule has 1 unspecified atom stereocenters. The molecule has 6 rings (SSSR count). The Bertz CT molecular complexity index is 1830. The predicted molar refractivity (Wildman–Crippen MR) is 163 cm³/mol. The van der Waals surface area contributed by atoms with Gasteiger partial charge in [-0.05, 0) is 85.5 Å². The Morgan fingerprint density at radius 3 is 2.56 bits per heavy atom. The Labute approximate surface area is 250 Å². The molecule has 214 valence electrons. The first kappa shape index (κ1) is 27.7. The highest BCUT2D eigenvalue weighted by molar-refractivity contribution is 6.19. The van der Waals surface area contributed by atoms with Crippen molar-refractivity contribution in [3.8, 4) is 34.5 Å². The molecule has 2 amide bonds. The van der Waals surface area contributed by atoms with Gasteiger partial charge in [-0.1, -0.05) is 30.3 Å². The van der Waals surface area contributed by atoms with E-state index >= 15 is 0 Å². The first-order valence-electron chi connectivity index (χ1n) is 14.1. The van der Waals surface area contributed by atoms with Crippen LogP contribution in [0.3, 0.4) is 0 Å². The first-order chi connectivity index (χ1) is 20.9. The van der Waals surface area contributed by atoms with E-state index in [1.54, 1.807) is 24.8 Å². The van der Waals surface area contributed by atoms with Crippen LogP contribution >= 0.6 is 0 Å². The molecule has 2 aliphatic heterocycles. The lowest BCUT2D eigenvalue weighted by Crippen LogP contribution is -2.43. The first-order valence-corrected chi connectivity index (χ1v) is 14.1. The maximum atomic E-state index is 13.9. The molecule has 0 fully saturated rings. The van der Waals surface area contributed by atoms with E-state index in [0.29, 0.717) is 23.3 Å². The van der Waals surface area contributed by atoms with Gasteiger partial charge in [0, 0.05) is 35.9 Å². The number of methoxy groups -OCH3 is 1. The summed E-state index contributed by atoms with van der Waals surface area (Å²) in [7, 11) is 1.60. The van der Waals surface area contributed by atoms with Crippen molar-refractivity contribution in [2.75, 3.05) is 13.7 Å². The number of hydrogen-bond donors (Lipinski definition) is 0. The molecule has 1 atom stereocenters. The van der Waals surface area contributed by atoms with Crippen LogP contribution in [-0.4, -0.2) is 46.3 Å². The van der Waals surface area contributed by atoms with E-state index < -0.39 is 11.8 Å². The van der Waals surface area contributed by atoms with Crippen molar-refractivity contribution in [1.82, 2.24) is 14.7 Å². The molecule has 3 aromatic carbocycles. The van der Waals surface area contributed by atoms with Crippen LogP contribution in [0.1, 0.15) is 30.5 Å². The number of nitrogens with zero attached hydrogens (tertiary/aromatic N) is 4. The van der Waals surface area contributed by atoms with Gasteiger partial charge in [0.25, 0.3) is 11.8 Å². The minimum atomic E-state index is -0.580. The largest absolute Gasteiger partial charge is 0.497 e. The summed E-state index contributed by atoms with van der Waals surface area (Å²) < 4.78 is 12.9. The lowest BCUT2D eigenvalue weighted by Gasteiger charge is -2.27. The fraction of sp³-hybridized carbons (Fsp3) is 0.200. The maximum Gasteiger partial charge on any atom is 0.271 e. The number of aromatic nitrogens is 2. The van der Waals surface area contributed by atoms with Gasteiger partial charge in [-0.3, -0.25) is 14.5 Å². The molecule has 0 saturated heterocycles. The second kappa shape index (κ2) is 11.5. The number of fused-ring (bicyclic) bond motifs is 1. The minimum Gasteiger partial charge on any atom is -0.497 e. The number of para-hydroxylation sites is 1. The molecule has 8 heteroatoms. The molecule has 0 radical (unpaired) electrons. The van der Waals surface area contributed by atoms with Crippen LogP contribution in [0.4, 0.5) is 0 Å². The third-order valence-electron chi connectivity index (χ3n) is 7.84. The summed E-state index contributed by atoms with van der Waals surface area (Å²) in [6, 6.07) is 25.2. The fourth-order valence-electron chi connectivity index (χ4n) is 5.52. The fourth-order valence-corrected chi connectivity index (χ4v) is 5.52. The van der Waals surface area contributed by atoms with Crippen molar-refractivity contribution >= 4 is 17.9 Å². The van der Waals surface area contributed by atoms with E-state index in [2.05, 4.69) is 6.07 Å². The van der Waals surface area contributed by atoms with Gasteiger partial charge >= 0.3 is 0 Å². The number of ether oxygens (including phenoxy) is 2. The molecule has 0 saturated carbocycles. The second-order valence-corrected chi connectivity index (χ2v) is 10.7. The average molecular weight is 571 g/mol. The van der Waals surface area contributed by atoms with Crippen LogP contribution in [0.15, 0.2) is 95.7 Å². The number of amides is 2. The van der Waals surface area contributed by atoms with Gasteiger partial charge < -0.3 is 9.47 Å². The number of benzene rings is 3. The molecule has 2 aliphatic rings. The molecule has 0 N–H and O–H groups in total. The van der Waals surface area contributed by atoms with Crippen molar-refractivity contribution in [2.24, 2.45) is 0 Å². The molecular formula is C35H30N4O4. The van der Waals surface area contributed by atoms with E-state index in [1.807, 2.05) is 85.9 Å². The van der Waals surface area contributed by atoms with Gasteiger partial charge in [-0.15, -0.1) is 0 Å². The van der Waals surface area contributed by atoms with Gasteiger partial charge in [0.15, 0.2) is 0 Å². The normalized spacial score (nSPS) is 17.2.